The second-order valence-electron chi connectivity index (χ2n) is 5.55. The largest absolute Gasteiger partial charge is 0.407 e. The van der Waals surface area contributed by atoms with Crippen LogP contribution in [0.1, 0.15) is 21.8 Å². The number of halogens is 1. The van der Waals surface area contributed by atoms with E-state index in [4.69, 9.17) is 4.42 Å². The molecule has 0 atom stereocenters. The van der Waals surface area contributed by atoms with Crippen LogP contribution in [0.3, 0.4) is 0 Å². The molecule has 1 amide bonds. The van der Waals surface area contributed by atoms with Gasteiger partial charge in [0.15, 0.2) is 9.84 Å². The zero-order valence-corrected chi connectivity index (χ0v) is 14.5. The molecule has 3 aromatic rings. The van der Waals surface area contributed by atoms with Crippen molar-refractivity contribution in [3.05, 3.63) is 71.4 Å². The van der Waals surface area contributed by atoms with Gasteiger partial charge in [-0.3, -0.25) is 10.1 Å². The fourth-order valence-electron chi connectivity index (χ4n) is 2.18. The molecule has 0 spiro atoms. The van der Waals surface area contributed by atoms with Gasteiger partial charge in [-0.25, -0.2) is 12.8 Å². The number of rotatable bonds is 5. The maximum atomic E-state index is 12.9. The Kier molecular flexibility index (Phi) is 4.81. The van der Waals surface area contributed by atoms with Gasteiger partial charge in [0, 0.05) is 11.8 Å². The van der Waals surface area contributed by atoms with Crippen LogP contribution in [0.2, 0.25) is 0 Å². The first-order chi connectivity index (χ1) is 12.3. The zero-order valence-electron chi connectivity index (χ0n) is 13.6. The van der Waals surface area contributed by atoms with E-state index in [1.807, 2.05) is 0 Å². The first kappa shape index (κ1) is 17.7. The number of benzene rings is 2. The number of nitrogens with one attached hydrogen (secondary N) is 1. The van der Waals surface area contributed by atoms with Crippen LogP contribution in [0, 0.1) is 5.82 Å². The summed E-state index contributed by atoms with van der Waals surface area (Å²) in [6.45, 7) is 0. The van der Waals surface area contributed by atoms with Crippen molar-refractivity contribution in [3.63, 3.8) is 0 Å². The van der Waals surface area contributed by atoms with E-state index in [9.17, 15) is 17.6 Å². The zero-order chi connectivity index (χ0) is 18.7. The van der Waals surface area contributed by atoms with Crippen molar-refractivity contribution in [2.24, 2.45) is 0 Å². The summed E-state index contributed by atoms with van der Waals surface area (Å²) in [7, 11) is -3.33. The molecule has 9 heteroatoms. The molecule has 3 rings (SSSR count). The van der Waals surface area contributed by atoms with E-state index in [1.165, 1.54) is 36.4 Å². The third-order valence-electron chi connectivity index (χ3n) is 3.50. The average Bonchev–Trinajstić information content (AvgIpc) is 3.03. The maximum Gasteiger partial charge on any atom is 0.322 e. The van der Waals surface area contributed by atoms with Gasteiger partial charge < -0.3 is 4.42 Å². The SMILES string of the molecule is CS(=O)(=O)c1ccc(C(=O)Nc2nnc(Cc3ccc(F)cc3)o2)cc1. The lowest BCUT2D eigenvalue weighted by Gasteiger charge is -2.02. The predicted octanol–water partition coefficient (Wildman–Crippen LogP) is 2.46. The monoisotopic (exact) mass is 375 g/mol. The van der Waals surface area contributed by atoms with Crippen LogP contribution in [0.4, 0.5) is 10.4 Å². The van der Waals surface area contributed by atoms with Crippen LogP contribution in [-0.2, 0) is 16.3 Å². The van der Waals surface area contributed by atoms with Gasteiger partial charge in [-0.1, -0.05) is 17.2 Å². The second kappa shape index (κ2) is 7.04. The quantitative estimate of drug-likeness (QED) is 0.735. The lowest BCUT2D eigenvalue weighted by atomic mass is 10.1. The average molecular weight is 375 g/mol. The van der Waals surface area contributed by atoms with Gasteiger partial charge in [-0.2, -0.15) is 0 Å². The predicted molar refractivity (Wildman–Crippen MR) is 91.0 cm³/mol. The van der Waals surface area contributed by atoms with Gasteiger partial charge in [0.05, 0.1) is 11.3 Å². The number of anilines is 1. The summed E-state index contributed by atoms with van der Waals surface area (Å²) in [6.07, 6.45) is 1.38. The van der Waals surface area contributed by atoms with E-state index >= 15 is 0 Å². The third kappa shape index (κ3) is 4.31. The Morgan fingerprint density at radius 2 is 1.73 bits per heavy atom. The Balaban J connectivity index is 1.66. The van der Waals surface area contributed by atoms with E-state index in [1.54, 1.807) is 12.1 Å². The van der Waals surface area contributed by atoms with Crippen LogP contribution in [-0.4, -0.2) is 30.8 Å². The maximum absolute atomic E-state index is 12.9. The summed E-state index contributed by atoms with van der Waals surface area (Å²) < 4.78 is 41.1. The van der Waals surface area contributed by atoms with Crippen LogP contribution in [0.15, 0.2) is 57.8 Å². The molecule has 134 valence electrons. The molecular formula is C17H14FN3O4S. The topological polar surface area (TPSA) is 102 Å². The summed E-state index contributed by atoms with van der Waals surface area (Å²) in [6, 6.07) is 11.2. The minimum Gasteiger partial charge on any atom is -0.407 e. The molecule has 26 heavy (non-hydrogen) atoms. The molecule has 0 unspecified atom stereocenters. The van der Waals surface area contributed by atoms with Crippen molar-refractivity contribution >= 4 is 21.8 Å². The summed E-state index contributed by atoms with van der Waals surface area (Å²) in [5, 5.41) is 10.00. The molecule has 1 N–H and O–H groups in total. The molecule has 0 aliphatic heterocycles. The summed E-state index contributed by atoms with van der Waals surface area (Å²) in [4.78, 5) is 12.3. The molecule has 0 fully saturated rings. The Bertz CT molecular complexity index is 1030. The van der Waals surface area contributed by atoms with E-state index < -0.39 is 15.7 Å². The Morgan fingerprint density at radius 1 is 1.08 bits per heavy atom. The van der Waals surface area contributed by atoms with Crippen molar-refractivity contribution in [2.75, 3.05) is 11.6 Å². The molecule has 0 aliphatic rings. The van der Waals surface area contributed by atoms with Crippen LogP contribution < -0.4 is 5.32 Å². The van der Waals surface area contributed by atoms with E-state index in [2.05, 4.69) is 15.5 Å². The molecule has 1 heterocycles. The van der Waals surface area contributed by atoms with Gasteiger partial charge >= 0.3 is 6.01 Å². The van der Waals surface area contributed by atoms with Gasteiger partial charge in [0.2, 0.25) is 5.89 Å². The highest BCUT2D eigenvalue weighted by Gasteiger charge is 2.13. The number of amides is 1. The van der Waals surface area contributed by atoms with Crippen molar-refractivity contribution < 1.29 is 22.0 Å². The smallest absolute Gasteiger partial charge is 0.322 e. The number of carbonyl (C=O) groups excluding carboxylic acids is 1. The van der Waals surface area contributed by atoms with Crippen molar-refractivity contribution in [1.82, 2.24) is 10.2 Å². The van der Waals surface area contributed by atoms with Gasteiger partial charge in [-0.05, 0) is 42.0 Å². The Hall–Kier alpha value is -3.07. The van der Waals surface area contributed by atoms with Gasteiger partial charge in [0.25, 0.3) is 5.91 Å². The van der Waals surface area contributed by atoms with E-state index in [-0.39, 0.29) is 28.2 Å². The molecular weight excluding hydrogens is 361 g/mol. The first-order valence-electron chi connectivity index (χ1n) is 7.49. The van der Waals surface area contributed by atoms with Crippen molar-refractivity contribution in [2.45, 2.75) is 11.3 Å². The van der Waals surface area contributed by atoms with Crippen LogP contribution in [0.25, 0.3) is 0 Å². The Morgan fingerprint density at radius 3 is 2.35 bits per heavy atom. The van der Waals surface area contributed by atoms with Crippen molar-refractivity contribution in [3.8, 4) is 0 Å². The number of hydrogen-bond acceptors (Lipinski definition) is 6. The fourth-order valence-corrected chi connectivity index (χ4v) is 2.81. The van der Waals surface area contributed by atoms with Crippen LogP contribution >= 0.6 is 0 Å². The molecule has 7 nitrogen and oxygen atoms in total. The lowest BCUT2D eigenvalue weighted by molar-refractivity contribution is 0.102. The first-order valence-corrected chi connectivity index (χ1v) is 9.39. The third-order valence-corrected chi connectivity index (χ3v) is 4.63. The molecule has 0 saturated carbocycles. The van der Waals surface area contributed by atoms with Gasteiger partial charge in [-0.15, -0.1) is 5.10 Å². The summed E-state index contributed by atoms with van der Waals surface area (Å²) in [5.74, 6) is -0.588. The Labute approximate surface area is 148 Å². The molecule has 2 aromatic carbocycles. The van der Waals surface area contributed by atoms with Gasteiger partial charge in [0.1, 0.15) is 5.82 Å². The summed E-state index contributed by atoms with van der Waals surface area (Å²) >= 11 is 0. The highest BCUT2D eigenvalue weighted by Crippen LogP contribution is 2.14. The van der Waals surface area contributed by atoms with E-state index in [0.29, 0.717) is 6.42 Å². The molecule has 0 radical (unpaired) electrons. The molecule has 0 saturated heterocycles. The minimum absolute atomic E-state index is 0.0840. The highest BCUT2D eigenvalue weighted by atomic mass is 32.2. The summed E-state index contributed by atoms with van der Waals surface area (Å²) in [5.41, 5.74) is 1.03. The number of sulfone groups is 1. The molecule has 1 aromatic heterocycles. The number of hydrogen-bond donors (Lipinski definition) is 1. The van der Waals surface area contributed by atoms with E-state index in [0.717, 1.165) is 11.8 Å². The molecule has 0 aliphatic carbocycles. The van der Waals surface area contributed by atoms with Crippen molar-refractivity contribution in [1.29, 1.82) is 0 Å². The van der Waals surface area contributed by atoms with Crippen LogP contribution in [0.5, 0.6) is 0 Å². The highest BCUT2D eigenvalue weighted by molar-refractivity contribution is 7.90. The number of aromatic nitrogens is 2. The normalized spacial score (nSPS) is 11.3. The standard InChI is InChI=1S/C17H14FN3O4S/c1-26(23,24)14-8-4-12(5-9-14)16(22)19-17-21-20-15(25-17)10-11-2-6-13(18)7-3-11/h2-9H,10H2,1H3,(H,19,21,22). The fraction of sp³-hybridized carbons (Fsp3) is 0.118. The number of nitrogens with zero attached hydrogens (tertiary/aromatic N) is 2. The number of carbonyl (C=O) groups is 1. The minimum atomic E-state index is -3.33. The second-order valence-corrected chi connectivity index (χ2v) is 7.57. The lowest BCUT2D eigenvalue weighted by Crippen LogP contribution is -2.12. The molecule has 0 bridgehead atoms.